The highest BCUT2D eigenvalue weighted by Crippen LogP contribution is 2.22. The van der Waals surface area contributed by atoms with Crippen LogP contribution < -0.4 is 5.73 Å². The Bertz CT molecular complexity index is 581. The van der Waals surface area contributed by atoms with Crippen LogP contribution in [0.25, 0.3) is 5.65 Å². The third-order valence-electron chi connectivity index (χ3n) is 4.43. The zero-order valence-electron chi connectivity index (χ0n) is 12.4. The molecule has 0 spiro atoms. The van der Waals surface area contributed by atoms with Gasteiger partial charge >= 0.3 is 0 Å². The molecular weight excluding hydrogens is 248 g/mol. The summed E-state index contributed by atoms with van der Waals surface area (Å²) in [5.74, 6) is 0.861. The first-order chi connectivity index (χ1) is 9.65. The summed E-state index contributed by atoms with van der Waals surface area (Å²) in [7, 11) is 0. The van der Waals surface area contributed by atoms with Gasteiger partial charge in [-0.25, -0.2) is 4.98 Å². The fourth-order valence-corrected chi connectivity index (χ4v) is 3.19. The molecule has 1 fully saturated rings. The number of nitrogens with two attached hydrogens (primary N) is 1. The lowest BCUT2D eigenvalue weighted by Crippen LogP contribution is -2.38. The third-order valence-corrected chi connectivity index (χ3v) is 4.43. The molecule has 4 nitrogen and oxygen atoms in total. The van der Waals surface area contributed by atoms with E-state index in [4.69, 9.17) is 5.73 Å². The highest BCUT2D eigenvalue weighted by molar-refractivity contribution is 5.43. The Kier molecular flexibility index (Phi) is 3.76. The zero-order valence-corrected chi connectivity index (χ0v) is 12.4. The molecule has 1 atom stereocenters. The lowest BCUT2D eigenvalue weighted by atomic mass is 9.98. The number of fused-ring (bicyclic) bond motifs is 1. The van der Waals surface area contributed by atoms with E-state index >= 15 is 0 Å². The normalized spacial score (nSPS) is 19.6. The van der Waals surface area contributed by atoms with E-state index in [1.54, 1.807) is 0 Å². The van der Waals surface area contributed by atoms with Crippen molar-refractivity contribution in [2.24, 2.45) is 11.7 Å². The second-order valence-electron chi connectivity index (χ2n) is 6.10. The minimum atomic E-state index is 0.0285. The number of aromatic nitrogens is 2. The molecule has 1 aliphatic heterocycles. The van der Waals surface area contributed by atoms with Crippen LogP contribution in [0.3, 0.4) is 0 Å². The molecule has 2 aromatic heterocycles. The molecule has 20 heavy (non-hydrogen) atoms. The number of hydrogen-bond acceptors (Lipinski definition) is 3. The molecule has 0 amide bonds. The fourth-order valence-electron chi connectivity index (χ4n) is 3.19. The van der Waals surface area contributed by atoms with E-state index in [0.717, 1.165) is 29.5 Å². The van der Waals surface area contributed by atoms with E-state index in [1.165, 1.54) is 25.9 Å². The van der Waals surface area contributed by atoms with Gasteiger partial charge in [-0.15, -0.1) is 0 Å². The first kappa shape index (κ1) is 13.6. The van der Waals surface area contributed by atoms with Crippen LogP contribution in [-0.2, 0) is 0 Å². The zero-order chi connectivity index (χ0) is 14.1. The fraction of sp³-hybridized carbons (Fsp3) is 0.562. The van der Waals surface area contributed by atoms with Crippen molar-refractivity contribution in [3.8, 4) is 0 Å². The first-order valence-corrected chi connectivity index (χ1v) is 7.56. The van der Waals surface area contributed by atoms with Crippen LogP contribution in [0.15, 0.2) is 24.4 Å². The summed E-state index contributed by atoms with van der Waals surface area (Å²) in [5.41, 5.74) is 9.66. The monoisotopic (exact) mass is 272 g/mol. The molecule has 0 bridgehead atoms. The molecule has 108 valence electrons. The molecule has 3 heterocycles. The predicted molar refractivity (Wildman–Crippen MR) is 81.7 cm³/mol. The highest BCUT2D eigenvalue weighted by atomic mass is 15.2. The number of pyridine rings is 1. The highest BCUT2D eigenvalue weighted by Gasteiger charge is 2.21. The van der Waals surface area contributed by atoms with Crippen molar-refractivity contribution >= 4 is 5.65 Å². The van der Waals surface area contributed by atoms with E-state index < -0.39 is 0 Å². The van der Waals surface area contributed by atoms with Crippen molar-refractivity contribution in [3.63, 3.8) is 0 Å². The third kappa shape index (κ3) is 2.58. The van der Waals surface area contributed by atoms with Crippen LogP contribution in [-0.4, -0.2) is 33.9 Å². The van der Waals surface area contributed by atoms with Crippen LogP contribution in [0.5, 0.6) is 0 Å². The Labute approximate surface area is 120 Å². The van der Waals surface area contributed by atoms with Crippen LogP contribution in [0.4, 0.5) is 0 Å². The number of likely N-dealkylation sites (tertiary alicyclic amines) is 1. The Morgan fingerprint density at radius 3 is 2.85 bits per heavy atom. The summed E-state index contributed by atoms with van der Waals surface area (Å²) in [6.07, 6.45) is 4.64. The van der Waals surface area contributed by atoms with Crippen LogP contribution in [0, 0.1) is 12.8 Å². The second-order valence-corrected chi connectivity index (χ2v) is 6.10. The number of rotatable bonds is 3. The number of imidazole rings is 1. The van der Waals surface area contributed by atoms with Gasteiger partial charge in [0.05, 0.1) is 17.4 Å². The van der Waals surface area contributed by atoms with E-state index in [9.17, 15) is 0 Å². The predicted octanol–water partition coefficient (Wildman–Crippen LogP) is 2.37. The lowest BCUT2D eigenvalue weighted by Gasteiger charge is -2.32. The Hall–Kier alpha value is -1.39. The van der Waals surface area contributed by atoms with Crippen molar-refractivity contribution < 1.29 is 0 Å². The van der Waals surface area contributed by atoms with Gasteiger partial charge < -0.3 is 15.0 Å². The standard InChI is InChI=1S/C16H24N4/c1-12-6-9-19(10-7-12)11-14(17)16-13(2)18-15-5-3-4-8-20(15)16/h3-5,8,12,14H,6-7,9-11,17H2,1-2H3. The van der Waals surface area contributed by atoms with E-state index in [0.29, 0.717) is 0 Å². The van der Waals surface area contributed by atoms with Crippen molar-refractivity contribution in [2.45, 2.75) is 32.7 Å². The molecule has 0 aromatic carbocycles. The summed E-state index contributed by atoms with van der Waals surface area (Å²) in [6.45, 7) is 7.66. The summed E-state index contributed by atoms with van der Waals surface area (Å²) in [6, 6.07) is 6.11. The average molecular weight is 272 g/mol. The quantitative estimate of drug-likeness (QED) is 0.933. The summed E-state index contributed by atoms with van der Waals surface area (Å²) < 4.78 is 2.13. The maximum atomic E-state index is 6.47. The molecule has 2 N–H and O–H groups in total. The van der Waals surface area contributed by atoms with Gasteiger partial charge in [-0.1, -0.05) is 13.0 Å². The average Bonchev–Trinajstić information content (AvgIpc) is 2.77. The summed E-state index contributed by atoms with van der Waals surface area (Å²) in [4.78, 5) is 7.10. The second kappa shape index (κ2) is 5.54. The Morgan fingerprint density at radius 1 is 1.35 bits per heavy atom. The summed E-state index contributed by atoms with van der Waals surface area (Å²) >= 11 is 0. The molecule has 0 radical (unpaired) electrons. The summed E-state index contributed by atoms with van der Waals surface area (Å²) in [5, 5.41) is 0. The number of nitrogens with zero attached hydrogens (tertiary/aromatic N) is 3. The minimum Gasteiger partial charge on any atom is -0.322 e. The van der Waals surface area contributed by atoms with Gasteiger partial charge in [-0.2, -0.15) is 0 Å². The lowest BCUT2D eigenvalue weighted by molar-refractivity contribution is 0.182. The number of piperidine rings is 1. The van der Waals surface area contributed by atoms with Gasteiger partial charge in [0.15, 0.2) is 0 Å². The molecule has 2 aromatic rings. The van der Waals surface area contributed by atoms with Crippen molar-refractivity contribution in [2.75, 3.05) is 19.6 Å². The molecule has 4 heteroatoms. The molecular formula is C16H24N4. The molecule has 0 aliphatic carbocycles. The SMILES string of the molecule is Cc1nc2ccccn2c1C(N)CN1CCC(C)CC1. The van der Waals surface area contributed by atoms with Crippen LogP contribution in [0.2, 0.25) is 0 Å². The van der Waals surface area contributed by atoms with Gasteiger partial charge in [0.25, 0.3) is 0 Å². The van der Waals surface area contributed by atoms with Crippen molar-refractivity contribution in [1.29, 1.82) is 0 Å². The van der Waals surface area contributed by atoms with Gasteiger partial charge in [0.1, 0.15) is 5.65 Å². The topological polar surface area (TPSA) is 46.6 Å². The molecule has 1 saturated heterocycles. The van der Waals surface area contributed by atoms with E-state index in [1.807, 2.05) is 18.2 Å². The molecule has 3 rings (SSSR count). The Morgan fingerprint density at radius 2 is 2.10 bits per heavy atom. The molecule has 1 aliphatic rings. The van der Waals surface area contributed by atoms with Crippen LogP contribution >= 0.6 is 0 Å². The largest absolute Gasteiger partial charge is 0.322 e. The van der Waals surface area contributed by atoms with Crippen molar-refractivity contribution in [1.82, 2.24) is 14.3 Å². The van der Waals surface area contributed by atoms with Crippen molar-refractivity contribution in [3.05, 3.63) is 35.8 Å². The Balaban J connectivity index is 1.78. The molecule has 1 unspecified atom stereocenters. The minimum absolute atomic E-state index is 0.0285. The maximum Gasteiger partial charge on any atom is 0.137 e. The van der Waals surface area contributed by atoms with E-state index in [-0.39, 0.29) is 6.04 Å². The van der Waals surface area contributed by atoms with Gasteiger partial charge in [-0.3, -0.25) is 0 Å². The molecule has 0 saturated carbocycles. The number of aryl methyl sites for hydroxylation is 1. The smallest absolute Gasteiger partial charge is 0.137 e. The van der Waals surface area contributed by atoms with Crippen LogP contribution in [0.1, 0.15) is 37.2 Å². The number of hydrogen-bond donors (Lipinski definition) is 1. The van der Waals surface area contributed by atoms with Gasteiger partial charge in [-0.05, 0) is 50.9 Å². The maximum absolute atomic E-state index is 6.47. The first-order valence-electron chi connectivity index (χ1n) is 7.56. The van der Waals surface area contributed by atoms with E-state index in [2.05, 4.69) is 34.3 Å². The van der Waals surface area contributed by atoms with Gasteiger partial charge in [0.2, 0.25) is 0 Å². The van der Waals surface area contributed by atoms with Gasteiger partial charge in [0, 0.05) is 12.7 Å².